The van der Waals surface area contributed by atoms with Crippen LogP contribution in [0.1, 0.15) is 0 Å². The number of benzene rings is 17. The van der Waals surface area contributed by atoms with Gasteiger partial charge in [0.1, 0.15) is 0 Å². The molecule has 0 aliphatic carbocycles. The van der Waals surface area contributed by atoms with Crippen molar-refractivity contribution >= 4 is 140 Å². The van der Waals surface area contributed by atoms with Crippen LogP contribution in [0.2, 0.25) is 0 Å². The van der Waals surface area contributed by atoms with E-state index >= 15 is 0 Å². The Hall–Kier alpha value is -15.3. The summed E-state index contributed by atoms with van der Waals surface area (Å²) in [6.07, 6.45) is 0. The second-order valence-electron chi connectivity index (χ2n) is 29.3. The highest BCUT2D eigenvalue weighted by Gasteiger charge is 2.24. The van der Waals surface area contributed by atoms with Gasteiger partial charge in [0.15, 0.2) is 23.3 Å². The van der Waals surface area contributed by atoms with Crippen LogP contribution >= 0.6 is 11.3 Å². The Labute approximate surface area is 663 Å². The summed E-state index contributed by atoms with van der Waals surface area (Å²) in [5.41, 5.74) is 19.7. The average molecular weight is 1490 g/mol. The predicted octanol–water partition coefficient (Wildman–Crippen LogP) is 26.8. The van der Waals surface area contributed by atoms with Crippen molar-refractivity contribution in [2.45, 2.75) is 0 Å². The molecule has 7 heterocycles. The molecule has 7 aromatic heterocycles. The lowest BCUT2D eigenvalue weighted by Crippen LogP contribution is -2.06. The van der Waals surface area contributed by atoms with Crippen molar-refractivity contribution in [3.63, 3.8) is 0 Å². The Balaban J connectivity index is 0.000000136. The smallest absolute Gasteiger partial charge is 0.238 e. The van der Waals surface area contributed by atoms with Crippen LogP contribution in [0.25, 0.3) is 220 Å². The van der Waals surface area contributed by atoms with E-state index in [-0.39, 0.29) is 0 Å². The first kappa shape index (κ1) is 65.6. The molecule has 0 aliphatic heterocycles. The molecule has 0 amide bonds. The summed E-state index contributed by atoms with van der Waals surface area (Å²) >= 11 is 1.85. The van der Waals surface area contributed by atoms with Crippen LogP contribution in [0, 0.1) is 0 Å². The zero-order chi connectivity index (χ0) is 75.6. The van der Waals surface area contributed by atoms with Gasteiger partial charge in [-0.1, -0.05) is 279 Å². The van der Waals surface area contributed by atoms with E-state index in [0.717, 1.165) is 88.2 Å². The molecule has 0 N–H and O–H groups in total. The molecule has 0 spiro atoms. The Bertz CT molecular complexity index is 7920. The molecule has 115 heavy (non-hydrogen) atoms. The largest absolute Gasteiger partial charge is 0.309 e. The van der Waals surface area contributed by atoms with Gasteiger partial charge in [0.2, 0.25) is 11.9 Å². The van der Waals surface area contributed by atoms with E-state index in [1.807, 2.05) is 133 Å². The molecule has 0 bridgehead atoms. The number of hydrogen-bond donors (Lipinski definition) is 0. The lowest BCUT2D eigenvalue weighted by Gasteiger charge is -2.11. The Morgan fingerprint density at radius 1 is 0.165 bits per heavy atom. The molecule has 536 valence electrons. The SMILES string of the molecule is c1ccc(-c2nc(-c3ccccc3)nc(-n3c4ccccc4c4cc(-c5ccc6c(c5)c5ccccc5n6-c5ccc6c(ccc7ccccc76)c5)ccc43)n2)cc1.c1ccc(-c2nc(-c3ccccc3)nc(-n3c4ccccc4c4cc(-c5ccc6c(c5)c5ccccc5n6-c5ccc6sc7ccccc7c6c5)ccc43)n2)cc1. The van der Waals surface area contributed by atoms with E-state index in [2.05, 4.69) is 285 Å². The summed E-state index contributed by atoms with van der Waals surface area (Å²) in [5.74, 6) is 3.72. The van der Waals surface area contributed by atoms with Gasteiger partial charge in [0.25, 0.3) is 0 Å². The maximum absolute atomic E-state index is 5.11. The van der Waals surface area contributed by atoms with Crippen LogP contribution in [0.4, 0.5) is 0 Å². The fraction of sp³-hybridized carbons (Fsp3) is 0. The van der Waals surface area contributed by atoms with Gasteiger partial charge in [0.05, 0.1) is 44.1 Å². The van der Waals surface area contributed by atoms with Crippen LogP contribution in [0.15, 0.2) is 388 Å². The van der Waals surface area contributed by atoms with E-state index in [1.165, 1.54) is 96.6 Å². The fourth-order valence-electron chi connectivity index (χ4n) is 17.4. The molecule has 0 unspecified atom stereocenters. The minimum absolute atomic E-state index is 0.586. The number of fused-ring (bicyclic) bond motifs is 18. The topological polar surface area (TPSA) is 97.1 Å². The van der Waals surface area contributed by atoms with Crippen LogP contribution < -0.4 is 0 Å². The zero-order valence-corrected chi connectivity index (χ0v) is 62.6. The summed E-state index contributed by atoms with van der Waals surface area (Å²) in [5, 5.41) is 17.1. The Morgan fingerprint density at radius 2 is 0.470 bits per heavy atom. The molecule has 0 radical (unpaired) electrons. The molecular formula is C104H64N10S. The Morgan fingerprint density at radius 3 is 0.896 bits per heavy atom. The molecule has 24 aromatic rings. The van der Waals surface area contributed by atoms with Crippen LogP contribution in [0.5, 0.6) is 0 Å². The monoisotopic (exact) mass is 1480 g/mol. The third-order valence-electron chi connectivity index (χ3n) is 22.7. The quantitative estimate of drug-likeness (QED) is 0.127. The van der Waals surface area contributed by atoms with Crippen molar-refractivity contribution in [3.05, 3.63) is 388 Å². The maximum atomic E-state index is 5.11. The first-order chi connectivity index (χ1) is 57.0. The number of para-hydroxylation sites is 4. The van der Waals surface area contributed by atoms with E-state index in [4.69, 9.17) is 29.9 Å². The molecule has 0 saturated carbocycles. The summed E-state index contributed by atoms with van der Waals surface area (Å²) < 4.78 is 11.8. The van der Waals surface area contributed by atoms with Crippen LogP contribution in [-0.2, 0) is 0 Å². The fourth-order valence-corrected chi connectivity index (χ4v) is 18.5. The summed E-state index contributed by atoms with van der Waals surface area (Å²) in [4.78, 5) is 30.3. The van der Waals surface area contributed by atoms with Gasteiger partial charge in [0, 0.05) is 96.9 Å². The van der Waals surface area contributed by atoms with Crippen molar-refractivity contribution in [2.75, 3.05) is 0 Å². The van der Waals surface area contributed by atoms with Crippen molar-refractivity contribution < 1.29 is 0 Å². The van der Waals surface area contributed by atoms with Crippen molar-refractivity contribution in [3.8, 4) is 91.1 Å². The second kappa shape index (κ2) is 26.7. The third-order valence-corrected chi connectivity index (χ3v) is 23.9. The second-order valence-corrected chi connectivity index (χ2v) is 30.4. The average Bonchev–Trinajstić information content (AvgIpc) is 1.59. The lowest BCUT2D eigenvalue weighted by atomic mass is 10.0. The molecule has 17 aromatic carbocycles. The number of hydrogen-bond acceptors (Lipinski definition) is 7. The van der Waals surface area contributed by atoms with Crippen LogP contribution in [0.3, 0.4) is 0 Å². The maximum Gasteiger partial charge on any atom is 0.238 e. The number of nitrogens with zero attached hydrogens (tertiary/aromatic N) is 10. The van der Waals surface area contributed by atoms with Gasteiger partial charge in [-0.15, -0.1) is 11.3 Å². The molecule has 0 saturated heterocycles. The zero-order valence-electron chi connectivity index (χ0n) is 61.8. The Kier molecular flexibility index (Phi) is 15.2. The molecular weight excluding hydrogens is 1420 g/mol. The van der Waals surface area contributed by atoms with Gasteiger partial charge in [-0.25, -0.2) is 9.97 Å². The minimum Gasteiger partial charge on any atom is -0.309 e. The van der Waals surface area contributed by atoms with Gasteiger partial charge < -0.3 is 9.13 Å². The highest BCUT2D eigenvalue weighted by molar-refractivity contribution is 7.25. The van der Waals surface area contributed by atoms with Crippen molar-refractivity contribution in [1.82, 2.24) is 48.2 Å². The summed E-state index contributed by atoms with van der Waals surface area (Å²) in [7, 11) is 0. The molecule has 11 heteroatoms. The number of aromatic nitrogens is 10. The van der Waals surface area contributed by atoms with Gasteiger partial charge in [-0.3, -0.25) is 9.13 Å². The summed E-state index contributed by atoms with van der Waals surface area (Å²) in [6.45, 7) is 0. The first-order valence-corrected chi connectivity index (χ1v) is 39.5. The standard InChI is InChI=1S/C53H33N5.C51H31N5S/c1-3-14-35(15-4-1)51-54-52(36-16-5-2-6-17-36)56-53(55-51)58-48-22-12-10-20-44(48)46-33-38(26-30-50(46)58)37-25-29-49-45(32-37)43-19-9-11-21-47(43)57(49)40-27-28-42-39(31-40)24-23-34-13-7-8-18-41(34)42;1-3-13-32(14-4-1)49-52-50(33-15-5-2-6-16-33)54-51(53-49)56-44-21-11-8-18-38(44)41-30-35(24-27-46(41)56)34-23-26-45-40(29-34)37-17-7-10-20-43(37)55(45)36-25-28-48-42(31-36)39-19-9-12-22-47(39)57-48/h1-33H;1-31H. The van der Waals surface area contributed by atoms with Crippen molar-refractivity contribution in [1.29, 1.82) is 0 Å². The number of thiophene rings is 1. The van der Waals surface area contributed by atoms with Crippen LogP contribution in [-0.4, -0.2) is 48.2 Å². The number of rotatable bonds is 10. The van der Waals surface area contributed by atoms with Crippen molar-refractivity contribution in [2.24, 2.45) is 0 Å². The van der Waals surface area contributed by atoms with Gasteiger partial charge >= 0.3 is 0 Å². The van der Waals surface area contributed by atoms with E-state index in [0.29, 0.717) is 35.2 Å². The third kappa shape index (κ3) is 11.0. The van der Waals surface area contributed by atoms with Gasteiger partial charge in [-0.05, 0) is 153 Å². The molecule has 0 aliphatic rings. The van der Waals surface area contributed by atoms with E-state index in [9.17, 15) is 0 Å². The van der Waals surface area contributed by atoms with E-state index in [1.54, 1.807) is 0 Å². The predicted molar refractivity (Wildman–Crippen MR) is 478 cm³/mol. The molecule has 0 atom stereocenters. The normalized spacial score (nSPS) is 11.8. The molecule has 10 nitrogen and oxygen atoms in total. The van der Waals surface area contributed by atoms with E-state index < -0.39 is 0 Å². The summed E-state index contributed by atoms with van der Waals surface area (Å²) in [6, 6.07) is 138. The molecule has 24 rings (SSSR count). The lowest BCUT2D eigenvalue weighted by molar-refractivity contribution is 0.953. The molecule has 0 fully saturated rings. The highest BCUT2D eigenvalue weighted by atomic mass is 32.1. The van der Waals surface area contributed by atoms with Gasteiger partial charge in [-0.2, -0.15) is 19.9 Å². The highest BCUT2D eigenvalue weighted by Crippen LogP contribution is 2.44. The first-order valence-electron chi connectivity index (χ1n) is 38.7. The minimum atomic E-state index is 0.586.